The average molecular weight is 273 g/mol. The molecule has 0 radical (unpaired) electrons. The molecule has 0 saturated carbocycles. The van der Waals surface area contributed by atoms with Gasteiger partial charge < -0.3 is 5.32 Å². The summed E-state index contributed by atoms with van der Waals surface area (Å²) in [6.07, 6.45) is 2.41. The zero-order valence-corrected chi connectivity index (χ0v) is 12.2. The second-order valence-corrected chi connectivity index (χ2v) is 6.54. The van der Waals surface area contributed by atoms with Gasteiger partial charge in [0.15, 0.2) is 0 Å². The molecule has 0 amide bonds. The molecule has 1 aliphatic heterocycles. The summed E-state index contributed by atoms with van der Waals surface area (Å²) in [7, 11) is 0. The SMILES string of the molecule is CCC1(CC)CNCCN1Cc1ccc(Cl)s1. The summed E-state index contributed by atoms with van der Waals surface area (Å²) in [4.78, 5) is 4.01. The van der Waals surface area contributed by atoms with E-state index in [9.17, 15) is 0 Å². The third-order valence-corrected chi connectivity index (χ3v) is 5.19. The minimum absolute atomic E-state index is 0.328. The molecule has 0 bridgehead atoms. The first-order valence-corrected chi connectivity index (χ1v) is 7.59. The molecule has 1 fully saturated rings. The minimum Gasteiger partial charge on any atom is -0.314 e. The van der Waals surface area contributed by atoms with Crippen LogP contribution in [0.15, 0.2) is 12.1 Å². The highest BCUT2D eigenvalue weighted by molar-refractivity contribution is 7.16. The van der Waals surface area contributed by atoms with Crippen LogP contribution in [-0.2, 0) is 6.54 Å². The molecule has 2 nitrogen and oxygen atoms in total. The second kappa shape index (κ2) is 5.70. The second-order valence-electron chi connectivity index (χ2n) is 4.74. The van der Waals surface area contributed by atoms with Gasteiger partial charge in [-0.1, -0.05) is 25.4 Å². The van der Waals surface area contributed by atoms with E-state index in [1.54, 1.807) is 11.3 Å². The third-order valence-electron chi connectivity index (χ3n) is 3.98. The van der Waals surface area contributed by atoms with Crippen LogP contribution in [0.1, 0.15) is 31.6 Å². The van der Waals surface area contributed by atoms with E-state index in [1.807, 2.05) is 6.07 Å². The molecule has 1 aromatic heterocycles. The molecule has 2 rings (SSSR count). The summed E-state index contributed by atoms with van der Waals surface area (Å²) in [6.45, 7) is 8.98. The number of nitrogens with zero attached hydrogens (tertiary/aromatic N) is 1. The van der Waals surface area contributed by atoms with Gasteiger partial charge in [-0.15, -0.1) is 11.3 Å². The van der Waals surface area contributed by atoms with Gasteiger partial charge in [0.1, 0.15) is 0 Å². The van der Waals surface area contributed by atoms with E-state index in [1.165, 1.54) is 17.7 Å². The Kier molecular flexibility index (Phi) is 4.47. The van der Waals surface area contributed by atoms with Gasteiger partial charge in [-0.05, 0) is 25.0 Å². The van der Waals surface area contributed by atoms with Crippen LogP contribution < -0.4 is 5.32 Å². The van der Waals surface area contributed by atoms with E-state index in [0.717, 1.165) is 30.5 Å². The van der Waals surface area contributed by atoms with Crippen LogP contribution in [0.25, 0.3) is 0 Å². The maximum atomic E-state index is 6.00. The molecule has 0 atom stereocenters. The molecule has 0 unspecified atom stereocenters. The van der Waals surface area contributed by atoms with Crippen molar-refractivity contribution >= 4 is 22.9 Å². The number of thiophene rings is 1. The Bertz CT molecular complexity index is 360. The number of piperazine rings is 1. The van der Waals surface area contributed by atoms with Crippen LogP contribution in [0, 0.1) is 0 Å². The summed E-state index contributed by atoms with van der Waals surface area (Å²) >= 11 is 7.71. The van der Waals surface area contributed by atoms with Crippen molar-refractivity contribution in [3.8, 4) is 0 Å². The number of nitrogens with one attached hydrogen (secondary N) is 1. The van der Waals surface area contributed by atoms with Crippen molar-refractivity contribution in [2.75, 3.05) is 19.6 Å². The quantitative estimate of drug-likeness (QED) is 0.904. The van der Waals surface area contributed by atoms with Crippen molar-refractivity contribution in [2.24, 2.45) is 0 Å². The highest BCUT2D eigenvalue weighted by atomic mass is 35.5. The van der Waals surface area contributed by atoms with Gasteiger partial charge in [0.2, 0.25) is 0 Å². The van der Waals surface area contributed by atoms with Gasteiger partial charge >= 0.3 is 0 Å². The Balaban J connectivity index is 2.11. The lowest BCUT2D eigenvalue weighted by molar-refractivity contribution is 0.0457. The molecule has 1 aliphatic rings. The maximum absolute atomic E-state index is 6.00. The standard InChI is InChI=1S/C13H21ClN2S/c1-3-13(4-2)10-15-7-8-16(13)9-11-5-6-12(14)17-11/h5-6,15H,3-4,7-10H2,1-2H3. The predicted octanol–water partition coefficient (Wildman–Crippen LogP) is 3.37. The van der Waals surface area contributed by atoms with Gasteiger partial charge in [-0.2, -0.15) is 0 Å². The predicted molar refractivity (Wildman–Crippen MR) is 75.9 cm³/mol. The zero-order valence-electron chi connectivity index (χ0n) is 10.6. The van der Waals surface area contributed by atoms with Crippen LogP contribution >= 0.6 is 22.9 Å². The minimum atomic E-state index is 0.328. The first-order valence-electron chi connectivity index (χ1n) is 6.40. The van der Waals surface area contributed by atoms with Gasteiger partial charge in [0.25, 0.3) is 0 Å². The van der Waals surface area contributed by atoms with E-state index in [-0.39, 0.29) is 0 Å². The normalized spacial score (nSPS) is 20.6. The lowest BCUT2D eigenvalue weighted by Gasteiger charge is -2.47. The van der Waals surface area contributed by atoms with Crippen molar-refractivity contribution in [1.29, 1.82) is 0 Å². The fourth-order valence-corrected chi connectivity index (χ4v) is 3.81. The van der Waals surface area contributed by atoms with Gasteiger partial charge in [-0.3, -0.25) is 4.90 Å². The van der Waals surface area contributed by atoms with E-state index in [2.05, 4.69) is 30.1 Å². The van der Waals surface area contributed by atoms with E-state index in [4.69, 9.17) is 11.6 Å². The molecule has 17 heavy (non-hydrogen) atoms. The van der Waals surface area contributed by atoms with E-state index < -0.39 is 0 Å². The molecular formula is C13H21ClN2S. The molecule has 1 aromatic rings. The Morgan fingerprint density at radius 1 is 1.41 bits per heavy atom. The fraction of sp³-hybridized carbons (Fsp3) is 0.692. The van der Waals surface area contributed by atoms with Crippen molar-refractivity contribution in [2.45, 2.75) is 38.8 Å². The smallest absolute Gasteiger partial charge is 0.0931 e. The molecular weight excluding hydrogens is 252 g/mol. The first-order chi connectivity index (χ1) is 8.20. The van der Waals surface area contributed by atoms with Crippen LogP contribution in [0.4, 0.5) is 0 Å². The third kappa shape index (κ3) is 2.84. The van der Waals surface area contributed by atoms with E-state index in [0.29, 0.717) is 5.54 Å². The highest BCUT2D eigenvalue weighted by Crippen LogP contribution is 2.30. The van der Waals surface area contributed by atoms with Crippen molar-refractivity contribution in [3.05, 3.63) is 21.3 Å². The molecule has 4 heteroatoms. The van der Waals surface area contributed by atoms with Crippen LogP contribution in [0.2, 0.25) is 4.34 Å². The largest absolute Gasteiger partial charge is 0.314 e. The summed E-state index contributed by atoms with van der Waals surface area (Å²) in [5.74, 6) is 0. The monoisotopic (exact) mass is 272 g/mol. The fourth-order valence-electron chi connectivity index (χ4n) is 2.70. The van der Waals surface area contributed by atoms with Gasteiger partial charge in [0.05, 0.1) is 4.34 Å². The molecule has 0 aromatic carbocycles. The average Bonchev–Trinajstić information content (AvgIpc) is 2.76. The van der Waals surface area contributed by atoms with Crippen LogP contribution in [-0.4, -0.2) is 30.1 Å². The summed E-state index contributed by atoms with van der Waals surface area (Å²) in [6, 6.07) is 4.16. The van der Waals surface area contributed by atoms with E-state index >= 15 is 0 Å². The van der Waals surface area contributed by atoms with Crippen molar-refractivity contribution in [1.82, 2.24) is 10.2 Å². The van der Waals surface area contributed by atoms with Crippen molar-refractivity contribution < 1.29 is 0 Å². The molecule has 0 aliphatic carbocycles. The summed E-state index contributed by atoms with van der Waals surface area (Å²) in [5.41, 5.74) is 0.328. The molecule has 96 valence electrons. The lowest BCUT2D eigenvalue weighted by Crippen LogP contribution is -2.60. The van der Waals surface area contributed by atoms with Crippen molar-refractivity contribution in [3.63, 3.8) is 0 Å². The highest BCUT2D eigenvalue weighted by Gasteiger charge is 2.35. The topological polar surface area (TPSA) is 15.3 Å². The Morgan fingerprint density at radius 2 is 2.18 bits per heavy atom. The number of hydrogen-bond acceptors (Lipinski definition) is 3. The zero-order chi connectivity index (χ0) is 12.3. The first kappa shape index (κ1) is 13.3. The summed E-state index contributed by atoms with van der Waals surface area (Å²) < 4.78 is 0.897. The number of rotatable bonds is 4. The van der Waals surface area contributed by atoms with Gasteiger partial charge in [-0.25, -0.2) is 0 Å². The Morgan fingerprint density at radius 3 is 2.76 bits per heavy atom. The molecule has 0 spiro atoms. The van der Waals surface area contributed by atoms with Crippen LogP contribution in [0.5, 0.6) is 0 Å². The summed E-state index contributed by atoms with van der Waals surface area (Å²) in [5, 5.41) is 3.53. The maximum Gasteiger partial charge on any atom is 0.0931 e. The lowest BCUT2D eigenvalue weighted by atomic mass is 9.88. The van der Waals surface area contributed by atoms with Gasteiger partial charge in [0, 0.05) is 36.6 Å². The molecule has 1 N–H and O–H groups in total. The molecule has 1 saturated heterocycles. The molecule has 2 heterocycles. The Hall–Kier alpha value is -0.0900. The Labute approximate surface area is 113 Å². The van der Waals surface area contributed by atoms with Crippen LogP contribution in [0.3, 0.4) is 0 Å². The number of halogens is 1. The number of hydrogen-bond donors (Lipinski definition) is 1.